The summed E-state index contributed by atoms with van der Waals surface area (Å²) < 4.78 is 10.3. The largest absolute Gasteiger partial charge is 0.394 e. The fourth-order valence-electron chi connectivity index (χ4n) is 10.9. The fourth-order valence-corrected chi connectivity index (χ4v) is 10.9. The monoisotopic (exact) mass is 643 g/mol. The third-order valence-corrected chi connectivity index (χ3v) is 13.1. The number of nitrogens with zero attached hydrogens (tertiary/aromatic N) is 5. The molecule has 3 aromatic heterocycles. The van der Waals surface area contributed by atoms with Crippen LogP contribution in [0.5, 0.6) is 0 Å². The number of benzene rings is 5. The summed E-state index contributed by atoms with van der Waals surface area (Å²) in [5.41, 5.74) is 17.3. The summed E-state index contributed by atoms with van der Waals surface area (Å²) in [6, 6.07) is 41.2. The number of fused-ring (bicyclic) bond motifs is 6. The zero-order valence-electron chi connectivity index (χ0n) is 28.4. The Balaban J connectivity index is 1.33. The standard InChI is InChI=1S/C45H33N5/c1-43(2)30-15-8-9-18-34(30)49-36-21-19-29-28-14-10-16-31-39(28)50-40(29)38(36)45(46-23-11-17-33(42(46)50)44(31,3)4)37-35(22-20-32(43)41(37)49)47-24-27(25-48(45)47)26-12-6-5-7-13-26/h5-25H,1-4H3/q+2. The number of rotatable bonds is 1. The molecule has 8 aromatic rings. The first-order valence-corrected chi connectivity index (χ1v) is 17.8. The summed E-state index contributed by atoms with van der Waals surface area (Å²) in [6.45, 7) is 9.63. The first kappa shape index (κ1) is 26.0. The van der Waals surface area contributed by atoms with Crippen molar-refractivity contribution in [3.63, 3.8) is 0 Å². The van der Waals surface area contributed by atoms with Gasteiger partial charge in [0.1, 0.15) is 22.3 Å². The zero-order valence-corrected chi connectivity index (χ0v) is 28.4. The highest BCUT2D eigenvalue weighted by Gasteiger charge is 2.70. The van der Waals surface area contributed by atoms with Crippen molar-refractivity contribution in [2.75, 3.05) is 4.90 Å². The molecule has 8 heterocycles. The van der Waals surface area contributed by atoms with Gasteiger partial charge >= 0.3 is 5.66 Å². The van der Waals surface area contributed by atoms with E-state index in [1.54, 1.807) is 0 Å². The van der Waals surface area contributed by atoms with Gasteiger partial charge in [-0.3, -0.25) is 0 Å². The van der Waals surface area contributed by atoms with Gasteiger partial charge in [0, 0.05) is 27.2 Å². The molecular weight excluding hydrogens is 611 g/mol. The highest BCUT2D eigenvalue weighted by atomic mass is 15.5. The second-order valence-corrected chi connectivity index (χ2v) is 15.9. The van der Waals surface area contributed by atoms with Gasteiger partial charge in [0.05, 0.1) is 40.6 Å². The summed E-state index contributed by atoms with van der Waals surface area (Å²) in [7, 11) is 0. The van der Waals surface area contributed by atoms with Gasteiger partial charge in [-0.2, -0.15) is 9.13 Å². The number of hydrogen-bond donors (Lipinski definition) is 0. The number of pyridine rings is 1. The molecule has 50 heavy (non-hydrogen) atoms. The minimum atomic E-state index is -0.662. The molecule has 13 rings (SSSR count). The van der Waals surface area contributed by atoms with Crippen molar-refractivity contribution in [2.45, 2.75) is 44.2 Å². The quantitative estimate of drug-likeness (QED) is 0.164. The molecule has 0 N–H and O–H groups in total. The average Bonchev–Trinajstić information content (AvgIpc) is 3.81. The molecule has 0 bridgehead atoms. The molecule has 5 heteroatoms. The Hall–Kier alpha value is -5.94. The molecule has 5 aliphatic rings. The molecule has 1 spiro atoms. The third kappa shape index (κ3) is 2.42. The van der Waals surface area contributed by atoms with Gasteiger partial charge in [-0.05, 0) is 59.2 Å². The molecule has 0 saturated carbocycles. The van der Waals surface area contributed by atoms with Gasteiger partial charge in [0.15, 0.2) is 5.52 Å². The van der Waals surface area contributed by atoms with E-state index in [1.807, 2.05) is 0 Å². The van der Waals surface area contributed by atoms with E-state index in [0.717, 1.165) is 0 Å². The maximum Gasteiger partial charge on any atom is 0.394 e. The lowest BCUT2D eigenvalue weighted by Crippen LogP contribution is -2.77. The van der Waals surface area contributed by atoms with Crippen LogP contribution in [-0.4, -0.2) is 9.25 Å². The molecule has 5 nitrogen and oxygen atoms in total. The number of hydrogen-bond acceptors (Lipinski definition) is 1. The Morgan fingerprint density at radius 2 is 1.28 bits per heavy atom. The molecule has 1 atom stereocenters. The van der Waals surface area contributed by atoms with Crippen LogP contribution in [0.25, 0.3) is 44.4 Å². The van der Waals surface area contributed by atoms with Crippen molar-refractivity contribution in [3.8, 4) is 22.6 Å². The van der Waals surface area contributed by atoms with Gasteiger partial charge in [-0.25, -0.2) is 0 Å². The van der Waals surface area contributed by atoms with Crippen LogP contribution in [0.1, 0.15) is 61.1 Å². The molecule has 0 amide bonds. The van der Waals surface area contributed by atoms with Crippen LogP contribution in [0, 0.1) is 0 Å². The number of aromatic nitrogens is 4. The maximum atomic E-state index is 2.65. The SMILES string of the molecule is CC1(C)c2ccccc2N2c3ccc4c5cccc6c5n5c4c3C3(c4c(ccc1c42)-n1cc(-c2ccccc2)c[n+]13)[n+]1cccc(c1-5)C6(C)C. The lowest BCUT2D eigenvalue weighted by atomic mass is 9.69. The summed E-state index contributed by atoms with van der Waals surface area (Å²) in [5.74, 6) is 1.27. The smallest absolute Gasteiger partial charge is 0.308 e. The molecule has 0 aliphatic carbocycles. The zero-order chi connectivity index (χ0) is 33.1. The molecule has 0 radical (unpaired) electrons. The Morgan fingerprint density at radius 1 is 0.540 bits per heavy atom. The van der Waals surface area contributed by atoms with E-state index in [9.17, 15) is 0 Å². The summed E-state index contributed by atoms with van der Waals surface area (Å²) in [5, 5.41) is 2.65. The first-order chi connectivity index (χ1) is 24.3. The third-order valence-electron chi connectivity index (χ3n) is 13.1. The molecule has 5 aromatic carbocycles. The van der Waals surface area contributed by atoms with Crippen molar-refractivity contribution in [1.29, 1.82) is 0 Å². The van der Waals surface area contributed by atoms with Gasteiger partial charge in [0.25, 0.3) is 5.82 Å². The number of anilines is 3. The van der Waals surface area contributed by atoms with Crippen molar-refractivity contribution in [2.24, 2.45) is 0 Å². The Bertz CT molecular complexity index is 2940. The summed E-state index contributed by atoms with van der Waals surface area (Å²) in [4.78, 5) is 2.61. The second-order valence-electron chi connectivity index (χ2n) is 15.9. The van der Waals surface area contributed by atoms with E-state index in [0.29, 0.717) is 0 Å². The van der Waals surface area contributed by atoms with Crippen molar-refractivity contribution in [1.82, 2.24) is 9.25 Å². The van der Waals surface area contributed by atoms with Crippen LogP contribution in [0.4, 0.5) is 17.1 Å². The summed E-state index contributed by atoms with van der Waals surface area (Å²) >= 11 is 0. The lowest BCUT2D eigenvalue weighted by Gasteiger charge is -2.47. The first-order valence-electron chi connectivity index (χ1n) is 17.8. The van der Waals surface area contributed by atoms with Gasteiger partial charge in [-0.1, -0.05) is 99.1 Å². The normalized spacial score (nSPS) is 19.6. The van der Waals surface area contributed by atoms with Crippen molar-refractivity contribution < 1.29 is 9.25 Å². The lowest BCUT2D eigenvalue weighted by molar-refractivity contribution is -0.993. The van der Waals surface area contributed by atoms with Crippen LogP contribution in [0.2, 0.25) is 0 Å². The van der Waals surface area contributed by atoms with Crippen LogP contribution in [0.15, 0.2) is 128 Å². The fraction of sp³-hybridized carbons (Fsp3) is 0.156. The topological polar surface area (TPSA) is 20.9 Å². The predicted octanol–water partition coefficient (Wildman–Crippen LogP) is 8.80. The minimum absolute atomic E-state index is 0.180. The Labute approximate surface area is 289 Å². The van der Waals surface area contributed by atoms with Crippen molar-refractivity contribution in [3.05, 3.63) is 161 Å². The molecule has 236 valence electrons. The number of para-hydroxylation sites is 2. The molecule has 0 fully saturated rings. The van der Waals surface area contributed by atoms with E-state index in [1.165, 1.54) is 94.9 Å². The van der Waals surface area contributed by atoms with Crippen LogP contribution in [0.3, 0.4) is 0 Å². The van der Waals surface area contributed by atoms with Crippen LogP contribution >= 0.6 is 0 Å². The predicted molar refractivity (Wildman–Crippen MR) is 196 cm³/mol. The van der Waals surface area contributed by atoms with Crippen LogP contribution < -0.4 is 14.1 Å². The van der Waals surface area contributed by atoms with E-state index in [2.05, 4.69) is 179 Å². The molecule has 1 unspecified atom stereocenters. The highest BCUT2D eigenvalue weighted by Crippen LogP contribution is 2.64. The van der Waals surface area contributed by atoms with E-state index in [-0.39, 0.29) is 10.8 Å². The molecular formula is C45H33N5+2. The van der Waals surface area contributed by atoms with Crippen LogP contribution in [-0.2, 0) is 16.5 Å². The van der Waals surface area contributed by atoms with Gasteiger partial charge in [-0.15, -0.1) is 4.68 Å². The Kier molecular flexibility index (Phi) is 4.04. The van der Waals surface area contributed by atoms with Gasteiger partial charge < -0.3 is 4.90 Å². The summed E-state index contributed by atoms with van der Waals surface area (Å²) in [6.07, 6.45) is 7.12. The average molecular weight is 644 g/mol. The highest BCUT2D eigenvalue weighted by molar-refractivity contribution is 6.15. The minimum Gasteiger partial charge on any atom is -0.308 e. The Morgan fingerprint density at radius 3 is 2.16 bits per heavy atom. The van der Waals surface area contributed by atoms with Crippen molar-refractivity contribution >= 4 is 38.9 Å². The molecule has 5 aliphatic heterocycles. The molecule has 0 saturated heterocycles. The van der Waals surface area contributed by atoms with E-state index >= 15 is 0 Å². The van der Waals surface area contributed by atoms with Gasteiger partial charge in [0.2, 0.25) is 6.20 Å². The van der Waals surface area contributed by atoms with E-state index < -0.39 is 5.66 Å². The van der Waals surface area contributed by atoms with E-state index in [4.69, 9.17) is 0 Å². The second kappa shape index (κ2) is 7.76. The maximum absolute atomic E-state index is 2.65.